The average molecular weight is 199 g/mol. The Hall–Kier alpha value is -0.340. The van der Waals surface area contributed by atoms with Gasteiger partial charge in [-0.15, -0.1) is 6.58 Å². The van der Waals surface area contributed by atoms with Crippen LogP contribution in [0.15, 0.2) is 12.7 Å². The van der Waals surface area contributed by atoms with E-state index in [2.05, 4.69) is 13.5 Å². The number of hydrogen-bond donors (Lipinski definition) is 1. The lowest BCUT2D eigenvalue weighted by Crippen LogP contribution is -2.17. The third-order valence-corrected chi connectivity index (χ3v) is 2.36. The third kappa shape index (κ3) is 8.27. The molecule has 0 aliphatic heterocycles. The first-order valence-corrected chi connectivity index (χ1v) is 5.77. The fourth-order valence-electron chi connectivity index (χ4n) is 1.48. The maximum Gasteiger partial charge on any atom is 0.0592 e. The van der Waals surface area contributed by atoms with E-state index in [-0.39, 0.29) is 0 Å². The van der Waals surface area contributed by atoms with Gasteiger partial charge in [0, 0.05) is 6.54 Å². The van der Waals surface area contributed by atoms with Crippen molar-refractivity contribution in [3.8, 4) is 0 Å². The number of rotatable bonds is 10. The van der Waals surface area contributed by atoms with Crippen LogP contribution >= 0.6 is 0 Å². The lowest BCUT2D eigenvalue weighted by Gasteiger charge is -2.15. The minimum Gasteiger partial charge on any atom is -0.377 e. The van der Waals surface area contributed by atoms with Gasteiger partial charge in [-0.3, -0.25) is 0 Å². The summed E-state index contributed by atoms with van der Waals surface area (Å²) in [6.07, 6.45) is 9.63. The zero-order valence-corrected chi connectivity index (χ0v) is 9.50. The zero-order valence-electron chi connectivity index (χ0n) is 9.50. The molecule has 2 N–H and O–H groups in total. The van der Waals surface area contributed by atoms with Gasteiger partial charge in [-0.25, -0.2) is 0 Å². The summed E-state index contributed by atoms with van der Waals surface area (Å²) in [6, 6.07) is 0. The monoisotopic (exact) mass is 199 g/mol. The van der Waals surface area contributed by atoms with Crippen molar-refractivity contribution in [2.45, 2.75) is 51.6 Å². The molecule has 0 aliphatic rings. The summed E-state index contributed by atoms with van der Waals surface area (Å²) < 4.78 is 5.60. The van der Waals surface area contributed by atoms with Crippen molar-refractivity contribution in [3.05, 3.63) is 12.7 Å². The maximum atomic E-state index is 5.60. The first kappa shape index (κ1) is 13.7. The van der Waals surface area contributed by atoms with E-state index in [9.17, 15) is 0 Å². The molecular formula is C12H25NO. The van der Waals surface area contributed by atoms with Crippen LogP contribution in [0.3, 0.4) is 0 Å². The van der Waals surface area contributed by atoms with E-state index in [1.165, 1.54) is 25.7 Å². The lowest BCUT2D eigenvalue weighted by atomic mass is 10.1. The van der Waals surface area contributed by atoms with Crippen LogP contribution in [0.5, 0.6) is 0 Å². The van der Waals surface area contributed by atoms with Gasteiger partial charge in [0.05, 0.1) is 12.7 Å². The molecule has 2 nitrogen and oxygen atoms in total. The Bertz CT molecular complexity index is 125. The van der Waals surface area contributed by atoms with Gasteiger partial charge in [0.15, 0.2) is 0 Å². The SMILES string of the molecule is C=CCCCCCC(CC)OCCN. The Kier molecular flexibility index (Phi) is 10.5. The molecule has 0 saturated carbocycles. The summed E-state index contributed by atoms with van der Waals surface area (Å²) in [4.78, 5) is 0. The first-order valence-electron chi connectivity index (χ1n) is 5.77. The van der Waals surface area contributed by atoms with E-state index in [0.717, 1.165) is 12.8 Å². The van der Waals surface area contributed by atoms with Crippen LogP contribution in [-0.2, 0) is 4.74 Å². The Balaban J connectivity index is 3.28. The average Bonchev–Trinajstić information content (AvgIpc) is 2.22. The van der Waals surface area contributed by atoms with Crippen LogP contribution in [-0.4, -0.2) is 19.3 Å². The van der Waals surface area contributed by atoms with Gasteiger partial charge < -0.3 is 10.5 Å². The van der Waals surface area contributed by atoms with Crippen LogP contribution in [0.25, 0.3) is 0 Å². The van der Waals surface area contributed by atoms with Gasteiger partial charge in [0.2, 0.25) is 0 Å². The predicted molar refractivity (Wildman–Crippen MR) is 62.4 cm³/mol. The molecule has 84 valence electrons. The number of nitrogens with two attached hydrogens (primary N) is 1. The Morgan fingerprint density at radius 2 is 2.14 bits per heavy atom. The summed E-state index contributed by atoms with van der Waals surface area (Å²) in [5, 5.41) is 0. The molecule has 2 heteroatoms. The van der Waals surface area contributed by atoms with Crippen LogP contribution in [0.1, 0.15) is 45.4 Å². The van der Waals surface area contributed by atoms with Crippen molar-refractivity contribution in [1.29, 1.82) is 0 Å². The second-order valence-corrected chi connectivity index (χ2v) is 3.62. The molecule has 0 aromatic heterocycles. The highest BCUT2D eigenvalue weighted by molar-refractivity contribution is 4.66. The molecule has 1 atom stereocenters. The number of unbranched alkanes of at least 4 members (excludes halogenated alkanes) is 3. The third-order valence-electron chi connectivity index (χ3n) is 2.36. The fourth-order valence-corrected chi connectivity index (χ4v) is 1.48. The highest BCUT2D eigenvalue weighted by Gasteiger charge is 2.04. The van der Waals surface area contributed by atoms with Crippen LogP contribution in [0.4, 0.5) is 0 Å². The fraction of sp³-hybridized carbons (Fsp3) is 0.833. The maximum absolute atomic E-state index is 5.60. The summed E-state index contributed by atoms with van der Waals surface area (Å²) in [5.74, 6) is 0. The van der Waals surface area contributed by atoms with Crippen LogP contribution in [0.2, 0.25) is 0 Å². The Morgan fingerprint density at radius 3 is 2.71 bits per heavy atom. The van der Waals surface area contributed by atoms with Gasteiger partial charge in [-0.2, -0.15) is 0 Å². The first-order chi connectivity index (χ1) is 6.85. The molecule has 1 unspecified atom stereocenters. The van der Waals surface area contributed by atoms with Crippen molar-refractivity contribution in [2.75, 3.05) is 13.2 Å². The molecule has 0 aliphatic carbocycles. The molecular weight excluding hydrogens is 174 g/mol. The van der Waals surface area contributed by atoms with Crippen molar-refractivity contribution >= 4 is 0 Å². The van der Waals surface area contributed by atoms with E-state index >= 15 is 0 Å². The molecule has 0 radical (unpaired) electrons. The van der Waals surface area contributed by atoms with Crippen molar-refractivity contribution in [2.24, 2.45) is 5.73 Å². The van der Waals surface area contributed by atoms with Gasteiger partial charge in [0.1, 0.15) is 0 Å². The topological polar surface area (TPSA) is 35.2 Å². The standard InChI is InChI=1S/C12H25NO/c1-3-5-6-7-8-9-12(4-2)14-11-10-13/h3,12H,1,4-11,13H2,2H3. The normalized spacial score (nSPS) is 12.7. The molecule has 0 fully saturated rings. The molecule has 0 bridgehead atoms. The molecule has 0 aromatic carbocycles. The Labute approximate surface area is 88.5 Å². The van der Waals surface area contributed by atoms with Crippen molar-refractivity contribution in [3.63, 3.8) is 0 Å². The zero-order chi connectivity index (χ0) is 10.6. The van der Waals surface area contributed by atoms with E-state index in [4.69, 9.17) is 10.5 Å². The summed E-state index contributed by atoms with van der Waals surface area (Å²) >= 11 is 0. The highest BCUT2D eigenvalue weighted by atomic mass is 16.5. The minimum absolute atomic E-state index is 0.419. The highest BCUT2D eigenvalue weighted by Crippen LogP contribution is 2.10. The lowest BCUT2D eigenvalue weighted by molar-refractivity contribution is 0.0485. The largest absolute Gasteiger partial charge is 0.377 e. The Morgan fingerprint density at radius 1 is 1.36 bits per heavy atom. The van der Waals surface area contributed by atoms with Crippen molar-refractivity contribution < 1.29 is 4.74 Å². The predicted octanol–water partition coefficient (Wildman–Crippen LogP) is 2.88. The summed E-state index contributed by atoms with van der Waals surface area (Å²) in [6.45, 7) is 7.21. The van der Waals surface area contributed by atoms with E-state index < -0.39 is 0 Å². The summed E-state index contributed by atoms with van der Waals surface area (Å²) in [7, 11) is 0. The molecule has 14 heavy (non-hydrogen) atoms. The molecule has 0 amide bonds. The van der Waals surface area contributed by atoms with E-state index in [1.54, 1.807) is 0 Å². The van der Waals surface area contributed by atoms with Gasteiger partial charge in [0.25, 0.3) is 0 Å². The molecule has 0 saturated heterocycles. The second-order valence-electron chi connectivity index (χ2n) is 3.62. The number of ether oxygens (including phenoxy) is 1. The molecule has 0 rings (SSSR count). The molecule has 0 heterocycles. The summed E-state index contributed by atoms with van der Waals surface area (Å²) in [5.41, 5.74) is 5.39. The van der Waals surface area contributed by atoms with Gasteiger partial charge in [-0.05, 0) is 25.7 Å². The van der Waals surface area contributed by atoms with E-state index in [0.29, 0.717) is 19.3 Å². The van der Waals surface area contributed by atoms with Crippen LogP contribution in [0, 0.1) is 0 Å². The number of allylic oxidation sites excluding steroid dienone is 1. The molecule has 0 spiro atoms. The van der Waals surface area contributed by atoms with Gasteiger partial charge in [-0.1, -0.05) is 25.8 Å². The van der Waals surface area contributed by atoms with Gasteiger partial charge >= 0.3 is 0 Å². The number of hydrogen-bond acceptors (Lipinski definition) is 2. The second kappa shape index (κ2) is 10.7. The molecule has 0 aromatic rings. The van der Waals surface area contributed by atoms with E-state index in [1.807, 2.05) is 6.08 Å². The smallest absolute Gasteiger partial charge is 0.0592 e. The van der Waals surface area contributed by atoms with Crippen LogP contribution < -0.4 is 5.73 Å². The minimum atomic E-state index is 0.419. The van der Waals surface area contributed by atoms with Crippen molar-refractivity contribution in [1.82, 2.24) is 0 Å². The quantitative estimate of drug-likeness (QED) is 0.434.